The molecule has 2 N–H and O–H groups in total. The lowest BCUT2D eigenvalue weighted by atomic mass is 10.0. The standard InChI is InChI=1S/C9H8ClN3O/c1-4-6(3-11)8(10)13-5(2)7(4)9(12)14/h1-2H3,(H2,12,14). The fourth-order valence-electron chi connectivity index (χ4n) is 1.30. The largest absolute Gasteiger partial charge is 0.366 e. The van der Waals surface area contributed by atoms with E-state index in [2.05, 4.69) is 4.98 Å². The SMILES string of the molecule is Cc1nc(Cl)c(C#N)c(C)c1C(N)=O. The van der Waals surface area contributed by atoms with Crippen LogP contribution in [0.15, 0.2) is 0 Å². The number of primary amides is 1. The van der Waals surface area contributed by atoms with Crippen LogP contribution in [0.25, 0.3) is 0 Å². The first-order valence-electron chi connectivity index (χ1n) is 3.85. The fourth-order valence-corrected chi connectivity index (χ4v) is 1.61. The van der Waals surface area contributed by atoms with Crippen molar-refractivity contribution in [1.82, 2.24) is 4.98 Å². The summed E-state index contributed by atoms with van der Waals surface area (Å²) in [5.41, 5.74) is 6.55. The molecular formula is C9H8ClN3O. The molecule has 1 rings (SSSR count). The number of aryl methyl sites for hydroxylation is 1. The summed E-state index contributed by atoms with van der Waals surface area (Å²) in [7, 11) is 0. The zero-order chi connectivity index (χ0) is 10.9. The van der Waals surface area contributed by atoms with E-state index in [9.17, 15) is 4.79 Å². The Hall–Kier alpha value is -1.60. The lowest BCUT2D eigenvalue weighted by molar-refractivity contribution is 0.0998. The van der Waals surface area contributed by atoms with Crippen molar-refractivity contribution in [2.75, 3.05) is 0 Å². The van der Waals surface area contributed by atoms with Crippen LogP contribution in [0.3, 0.4) is 0 Å². The molecule has 0 saturated carbocycles. The van der Waals surface area contributed by atoms with E-state index in [4.69, 9.17) is 22.6 Å². The molecule has 1 aromatic rings. The van der Waals surface area contributed by atoms with Gasteiger partial charge in [-0.25, -0.2) is 4.98 Å². The Labute approximate surface area is 86.3 Å². The van der Waals surface area contributed by atoms with E-state index in [0.29, 0.717) is 11.3 Å². The van der Waals surface area contributed by atoms with Gasteiger partial charge in [0, 0.05) is 0 Å². The van der Waals surface area contributed by atoms with Gasteiger partial charge in [0.2, 0.25) is 0 Å². The molecule has 1 amide bonds. The van der Waals surface area contributed by atoms with Crippen LogP contribution in [-0.4, -0.2) is 10.9 Å². The molecule has 0 aliphatic carbocycles. The monoisotopic (exact) mass is 209 g/mol. The normalized spacial score (nSPS) is 9.57. The van der Waals surface area contributed by atoms with E-state index in [1.165, 1.54) is 0 Å². The highest BCUT2D eigenvalue weighted by molar-refractivity contribution is 6.30. The Kier molecular flexibility index (Phi) is 2.73. The highest BCUT2D eigenvalue weighted by Gasteiger charge is 2.16. The summed E-state index contributed by atoms with van der Waals surface area (Å²) in [5.74, 6) is -0.597. The fraction of sp³-hybridized carbons (Fsp3) is 0.222. The molecule has 5 heteroatoms. The van der Waals surface area contributed by atoms with Crippen LogP contribution in [0.4, 0.5) is 0 Å². The zero-order valence-corrected chi connectivity index (χ0v) is 8.51. The van der Waals surface area contributed by atoms with Gasteiger partial charge >= 0.3 is 0 Å². The first kappa shape index (κ1) is 10.5. The number of amides is 1. The Morgan fingerprint density at radius 3 is 2.57 bits per heavy atom. The smallest absolute Gasteiger partial charge is 0.250 e. The van der Waals surface area contributed by atoms with E-state index in [1.54, 1.807) is 13.8 Å². The number of halogens is 1. The molecule has 4 nitrogen and oxygen atoms in total. The number of nitrogens with zero attached hydrogens (tertiary/aromatic N) is 2. The van der Waals surface area contributed by atoms with E-state index >= 15 is 0 Å². The topological polar surface area (TPSA) is 79.8 Å². The van der Waals surface area contributed by atoms with Gasteiger partial charge in [0.05, 0.1) is 16.8 Å². The van der Waals surface area contributed by atoms with Crippen LogP contribution in [0.2, 0.25) is 5.15 Å². The Bertz CT molecular complexity index is 448. The summed E-state index contributed by atoms with van der Waals surface area (Å²) >= 11 is 5.73. The van der Waals surface area contributed by atoms with Gasteiger partial charge in [0.15, 0.2) is 0 Å². The molecule has 0 bridgehead atoms. The summed E-state index contributed by atoms with van der Waals surface area (Å²) in [6.45, 7) is 3.25. The summed E-state index contributed by atoms with van der Waals surface area (Å²) in [4.78, 5) is 14.9. The third-order valence-electron chi connectivity index (χ3n) is 1.94. The number of aromatic nitrogens is 1. The van der Waals surface area contributed by atoms with Crippen molar-refractivity contribution in [2.24, 2.45) is 5.73 Å². The predicted molar refractivity (Wildman–Crippen MR) is 52.0 cm³/mol. The molecule has 1 aromatic heterocycles. The number of carbonyl (C=O) groups excluding carboxylic acids is 1. The van der Waals surface area contributed by atoms with Crippen molar-refractivity contribution in [3.05, 3.63) is 27.5 Å². The Morgan fingerprint density at radius 1 is 1.57 bits per heavy atom. The van der Waals surface area contributed by atoms with Gasteiger partial charge < -0.3 is 5.73 Å². The van der Waals surface area contributed by atoms with Crippen molar-refractivity contribution >= 4 is 17.5 Å². The maximum absolute atomic E-state index is 11.1. The molecule has 0 unspecified atom stereocenters. The molecule has 0 saturated heterocycles. The van der Waals surface area contributed by atoms with Crippen molar-refractivity contribution in [3.63, 3.8) is 0 Å². The Balaban J connectivity index is 3.62. The van der Waals surface area contributed by atoms with Crippen molar-refractivity contribution in [2.45, 2.75) is 13.8 Å². The van der Waals surface area contributed by atoms with E-state index in [0.717, 1.165) is 0 Å². The van der Waals surface area contributed by atoms with E-state index < -0.39 is 5.91 Å². The second kappa shape index (κ2) is 3.64. The third kappa shape index (κ3) is 1.54. The van der Waals surface area contributed by atoms with Gasteiger partial charge in [-0.2, -0.15) is 5.26 Å². The maximum Gasteiger partial charge on any atom is 0.250 e. The number of nitrogens with two attached hydrogens (primary N) is 1. The number of hydrogen-bond donors (Lipinski definition) is 1. The average Bonchev–Trinajstić information content (AvgIpc) is 2.02. The van der Waals surface area contributed by atoms with Crippen molar-refractivity contribution < 1.29 is 4.79 Å². The number of rotatable bonds is 1. The van der Waals surface area contributed by atoms with Gasteiger partial charge in [0.25, 0.3) is 5.91 Å². The molecule has 14 heavy (non-hydrogen) atoms. The number of nitriles is 1. The first-order valence-corrected chi connectivity index (χ1v) is 4.23. The molecule has 0 aliphatic heterocycles. The molecule has 0 radical (unpaired) electrons. The van der Waals surface area contributed by atoms with Crippen LogP contribution in [0.1, 0.15) is 27.2 Å². The van der Waals surface area contributed by atoms with Crippen LogP contribution >= 0.6 is 11.6 Å². The second-order valence-corrected chi connectivity index (χ2v) is 3.20. The third-order valence-corrected chi connectivity index (χ3v) is 2.22. The second-order valence-electron chi connectivity index (χ2n) is 2.84. The molecule has 0 fully saturated rings. The molecule has 72 valence electrons. The molecule has 0 aromatic carbocycles. The summed E-state index contributed by atoms with van der Waals surface area (Å²) in [6.07, 6.45) is 0. The van der Waals surface area contributed by atoms with Crippen molar-refractivity contribution in [3.8, 4) is 6.07 Å². The summed E-state index contributed by atoms with van der Waals surface area (Å²) in [5, 5.41) is 8.87. The molecule has 0 spiro atoms. The van der Waals surface area contributed by atoms with Gasteiger partial charge in [0.1, 0.15) is 11.2 Å². The molecule has 1 heterocycles. The van der Waals surface area contributed by atoms with E-state index in [-0.39, 0.29) is 16.3 Å². The maximum atomic E-state index is 11.1. The number of hydrogen-bond acceptors (Lipinski definition) is 3. The average molecular weight is 210 g/mol. The molecular weight excluding hydrogens is 202 g/mol. The van der Waals surface area contributed by atoms with Crippen LogP contribution in [-0.2, 0) is 0 Å². The zero-order valence-electron chi connectivity index (χ0n) is 7.76. The van der Waals surface area contributed by atoms with Crippen molar-refractivity contribution in [1.29, 1.82) is 5.26 Å². The lowest BCUT2D eigenvalue weighted by Gasteiger charge is -2.07. The van der Waals surface area contributed by atoms with Gasteiger partial charge in [-0.05, 0) is 19.4 Å². The van der Waals surface area contributed by atoms with Crippen LogP contribution < -0.4 is 5.73 Å². The number of carbonyl (C=O) groups is 1. The minimum atomic E-state index is -0.597. The lowest BCUT2D eigenvalue weighted by Crippen LogP contribution is -2.16. The van der Waals surface area contributed by atoms with Gasteiger partial charge in [-0.15, -0.1) is 0 Å². The Morgan fingerprint density at radius 2 is 2.14 bits per heavy atom. The highest BCUT2D eigenvalue weighted by Crippen LogP contribution is 2.21. The quantitative estimate of drug-likeness (QED) is 0.709. The summed E-state index contributed by atoms with van der Waals surface area (Å²) < 4.78 is 0. The van der Waals surface area contributed by atoms with E-state index in [1.807, 2.05) is 6.07 Å². The van der Waals surface area contributed by atoms with Gasteiger partial charge in [-0.3, -0.25) is 4.79 Å². The van der Waals surface area contributed by atoms with Crippen LogP contribution in [0, 0.1) is 25.2 Å². The predicted octanol–water partition coefficient (Wildman–Crippen LogP) is 1.32. The van der Waals surface area contributed by atoms with Crippen LogP contribution in [0.5, 0.6) is 0 Å². The summed E-state index contributed by atoms with van der Waals surface area (Å²) in [6, 6.07) is 1.88. The molecule has 0 atom stereocenters. The van der Waals surface area contributed by atoms with Gasteiger partial charge in [-0.1, -0.05) is 11.6 Å². The first-order chi connectivity index (χ1) is 6.49. The molecule has 0 aliphatic rings. The highest BCUT2D eigenvalue weighted by atomic mass is 35.5. The minimum Gasteiger partial charge on any atom is -0.366 e. The minimum absolute atomic E-state index is 0.104. The number of pyridine rings is 1.